The molecule has 1 aliphatic heterocycles. The van der Waals surface area contributed by atoms with Crippen molar-refractivity contribution in [3.05, 3.63) is 0 Å². The number of piperidine rings is 1. The standard InChI is InChI=1S/C20H41N3O/c1-16(2)22(17(3)4)18(5)11-14-21(15-24)23-19(6,7)12-10-13-20(23,8)9/h15-18H,10-14H2,1-9H3. The number of hydrogen-bond acceptors (Lipinski definition) is 3. The summed E-state index contributed by atoms with van der Waals surface area (Å²) in [5.41, 5.74) is 0.0589. The third-order valence-corrected chi connectivity index (χ3v) is 5.58. The molecule has 1 amide bonds. The van der Waals surface area contributed by atoms with E-state index >= 15 is 0 Å². The number of rotatable bonds is 8. The molecule has 0 spiro atoms. The Hall–Kier alpha value is -0.610. The zero-order chi connectivity index (χ0) is 18.7. The Bertz CT molecular complexity index is 380. The molecule has 0 saturated carbocycles. The van der Waals surface area contributed by atoms with E-state index in [1.165, 1.54) is 6.42 Å². The highest BCUT2D eigenvalue weighted by molar-refractivity contribution is 5.46. The molecule has 1 unspecified atom stereocenters. The van der Waals surface area contributed by atoms with Gasteiger partial charge in [0.1, 0.15) is 0 Å². The first-order valence-electron chi connectivity index (χ1n) is 9.73. The van der Waals surface area contributed by atoms with Crippen LogP contribution in [0.2, 0.25) is 0 Å². The van der Waals surface area contributed by atoms with E-state index in [0.29, 0.717) is 18.1 Å². The van der Waals surface area contributed by atoms with Gasteiger partial charge in [0.2, 0.25) is 6.41 Å². The second-order valence-corrected chi connectivity index (χ2v) is 9.33. The summed E-state index contributed by atoms with van der Waals surface area (Å²) >= 11 is 0. The van der Waals surface area contributed by atoms with E-state index in [4.69, 9.17) is 0 Å². The van der Waals surface area contributed by atoms with Crippen LogP contribution in [-0.2, 0) is 4.79 Å². The van der Waals surface area contributed by atoms with Gasteiger partial charge in [-0.15, -0.1) is 0 Å². The van der Waals surface area contributed by atoms with Gasteiger partial charge >= 0.3 is 0 Å². The quantitative estimate of drug-likeness (QED) is 0.617. The van der Waals surface area contributed by atoms with Crippen molar-refractivity contribution in [3.63, 3.8) is 0 Å². The van der Waals surface area contributed by atoms with Crippen molar-refractivity contribution in [3.8, 4) is 0 Å². The molecule has 24 heavy (non-hydrogen) atoms. The molecular weight excluding hydrogens is 298 g/mol. The lowest BCUT2D eigenvalue weighted by molar-refractivity contribution is -0.185. The molecule has 0 aromatic carbocycles. The Morgan fingerprint density at radius 1 is 0.958 bits per heavy atom. The van der Waals surface area contributed by atoms with Gasteiger partial charge in [0.05, 0.1) is 0 Å². The molecule has 1 heterocycles. The average Bonchev–Trinajstić information content (AvgIpc) is 2.39. The highest BCUT2D eigenvalue weighted by atomic mass is 16.2. The van der Waals surface area contributed by atoms with Gasteiger partial charge in [0.15, 0.2) is 0 Å². The van der Waals surface area contributed by atoms with E-state index in [0.717, 1.165) is 32.2 Å². The smallest absolute Gasteiger partial charge is 0.224 e. The van der Waals surface area contributed by atoms with E-state index in [1.54, 1.807) is 0 Å². The van der Waals surface area contributed by atoms with Crippen molar-refractivity contribution < 1.29 is 4.79 Å². The number of carbonyl (C=O) groups is 1. The predicted molar refractivity (Wildman–Crippen MR) is 103 cm³/mol. The van der Waals surface area contributed by atoms with Crippen LogP contribution in [0, 0.1) is 0 Å². The normalized spacial score (nSPS) is 22.2. The van der Waals surface area contributed by atoms with Gasteiger partial charge < -0.3 is 0 Å². The summed E-state index contributed by atoms with van der Waals surface area (Å²) < 4.78 is 0. The fraction of sp³-hybridized carbons (Fsp3) is 0.950. The predicted octanol–water partition coefficient (Wildman–Crippen LogP) is 4.30. The third kappa shape index (κ3) is 4.95. The Balaban J connectivity index is 2.84. The Morgan fingerprint density at radius 3 is 1.79 bits per heavy atom. The summed E-state index contributed by atoms with van der Waals surface area (Å²) in [4.78, 5) is 14.4. The molecule has 4 heteroatoms. The first kappa shape index (κ1) is 21.4. The zero-order valence-electron chi connectivity index (χ0n) is 17.6. The van der Waals surface area contributed by atoms with Crippen LogP contribution in [0.5, 0.6) is 0 Å². The van der Waals surface area contributed by atoms with Crippen LogP contribution in [0.1, 0.15) is 88.0 Å². The van der Waals surface area contributed by atoms with Gasteiger partial charge in [0, 0.05) is 35.7 Å². The number of nitrogens with zero attached hydrogens (tertiary/aromatic N) is 3. The summed E-state index contributed by atoms with van der Waals surface area (Å²) in [5, 5.41) is 4.30. The van der Waals surface area contributed by atoms with E-state index in [1.807, 2.05) is 5.01 Å². The minimum atomic E-state index is 0.0294. The van der Waals surface area contributed by atoms with Gasteiger partial charge in [-0.3, -0.25) is 14.7 Å². The lowest BCUT2D eigenvalue weighted by Gasteiger charge is -2.56. The van der Waals surface area contributed by atoms with Crippen LogP contribution < -0.4 is 0 Å². The van der Waals surface area contributed by atoms with Gasteiger partial charge in [-0.1, -0.05) is 0 Å². The van der Waals surface area contributed by atoms with Crippen molar-refractivity contribution in [2.45, 2.75) is 117 Å². The summed E-state index contributed by atoms with van der Waals surface area (Å²) in [7, 11) is 0. The van der Waals surface area contributed by atoms with Crippen LogP contribution in [0.4, 0.5) is 0 Å². The monoisotopic (exact) mass is 339 g/mol. The Labute approximate surface area is 150 Å². The maximum absolute atomic E-state index is 11.9. The van der Waals surface area contributed by atoms with Gasteiger partial charge in [-0.05, 0) is 88.0 Å². The highest BCUT2D eigenvalue weighted by Crippen LogP contribution is 2.39. The molecule has 1 atom stereocenters. The summed E-state index contributed by atoms with van der Waals surface area (Å²) in [6.07, 6.45) is 5.54. The second kappa shape index (κ2) is 8.18. The highest BCUT2D eigenvalue weighted by Gasteiger charge is 2.44. The van der Waals surface area contributed by atoms with Crippen LogP contribution in [-0.4, -0.2) is 57.1 Å². The van der Waals surface area contributed by atoms with E-state index < -0.39 is 0 Å². The second-order valence-electron chi connectivity index (χ2n) is 9.33. The molecule has 0 aliphatic carbocycles. The van der Waals surface area contributed by atoms with Crippen molar-refractivity contribution in [1.82, 2.24) is 14.9 Å². The summed E-state index contributed by atoms with van der Waals surface area (Å²) in [6, 6.07) is 1.50. The first-order chi connectivity index (χ1) is 10.9. The van der Waals surface area contributed by atoms with Crippen LogP contribution in [0.25, 0.3) is 0 Å². The molecule has 1 rings (SSSR count). The van der Waals surface area contributed by atoms with Crippen molar-refractivity contribution >= 4 is 6.41 Å². The first-order valence-corrected chi connectivity index (χ1v) is 9.73. The zero-order valence-corrected chi connectivity index (χ0v) is 17.6. The number of amides is 1. The maximum atomic E-state index is 11.9. The largest absolute Gasteiger partial charge is 0.296 e. The fourth-order valence-corrected chi connectivity index (χ4v) is 4.96. The minimum Gasteiger partial charge on any atom is -0.296 e. The molecule has 1 fully saturated rings. The number of carbonyl (C=O) groups excluding carboxylic acids is 1. The molecule has 4 nitrogen and oxygen atoms in total. The van der Waals surface area contributed by atoms with Gasteiger partial charge in [-0.2, -0.15) is 0 Å². The van der Waals surface area contributed by atoms with E-state index in [2.05, 4.69) is 72.2 Å². The maximum Gasteiger partial charge on any atom is 0.224 e. The number of hydrogen-bond donors (Lipinski definition) is 0. The van der Waals surface area contributed by atoms with E-state index in [-0.39, 0.29) is 11.1 Å². The Morgan fingerprint density at radius 2 is 1.42 bits per heavy atom. The van der Waals surface area contributed by atoms with Crippen LogP contribution >= 0.6 is 0 Å². The fourth-order valence-electron chi connectivity index (χ4n) is 4.96. The van der Waals surface area contributed by atoms with Crippen molar-refractivity contribution in [2.75, 3.05) is 6.54 Å². The molecule has 0 radical (unpaired) electrons. The summed E-state index contributed by atoms with van der Waals surface area (Å²) in [5.74, 6) is 0. The molecule has 1 aliphatic rings. The lowest BCUT2D eigenvalue weighted by atomic mass is 9.81. The van der Waals surface area contributed by atoms with Crippen molar-refractivity contribution in [2.24, 2.45) is 0 Å². The molecule has 0 aromatic rings. The Kier molecular flexibility index (Phi) is 7.30. The summed E-state index contributed by atoms with van der Waals surface area (Å²) in [6.45, 7) is 21.2. The van der Waals surface area contributed by atoms with Crippen molar-refractivity contribution in [1.29, 1.82) is 0 Å². The lowest BCUT2D eigenvalue weighted by Crippen LogP contribution is -2.65. The van der Waals surface area contributed by atoms with Gasteiger partial charge in [-0.25, -0.2) is 5.01 Å². The number of hydrazine groups is 1. The van der Waals surface area contributed by atoms with Crippen LogP contribution in [0.15, 0.2) is 0 Å². The third-order valence-electron chi connectivity index (χ3n) is 5.58. The molecule has 142 valence electrons. The minimum absolute atomic E-state index is 0.0294. The van der Waals surface area contributed by atoms with Crippen LogP contribution in [0.3, 0.4) is 0 Å². The van der Waals surface area contributed by atoms with E-state index in [9.17, 15) is 4.79 Å². The topological polar surface area (TPSA) is 26.8 Å². The molecule has 0 bridgehead atoms. The molecule has 0 N–H and O–H groups in total. The molecule has 0 aromatic heterocycles. The van der Waals surface area contributed by atoms with Gasteiger partial charge in [0.25, 0.3) is 0 Å². The average molecular weight is 340 g/mol. The SMILES string of the molecule is CC(C)N(C(C)C)C(C)CCN(C=O)N1C(C)(C)CCCC1(C)C. The molecular formula is C20H41N3O. The molecule has 1 saturated heterocycles.